The molecule has 0 bridgehead atoms. The maximum Gasteiger partial charge on any atom is 0.242 e. The molecule has 1 rings (SSSR count). The van der Waals surface area contributed by atoms with Gasteiger partial charge in [-0.2, -0.15) is 0 Å². The Labute approximate surface area is 99.7 Å². The minimum atomic E-state index is -3.75. The van der Waals surface area contributed by atoms with Crippen LogP contribution in [0.15, 0.2) is 23.4 Å². The molecule has 1 heterocycles. The Morgan fingerprint density at radius 2 is 2.24 bits per heavy atom. The Morgan fingerprint density at radius 3 is 2.82 bits per heavy atom. The second-order valence-corrected chi connectivity index (χ2v) is 5.44. The van der Waals surface area contributed by atoms with Crippen LogP contribution in [-0.2, 0) is 10.0 Å². The number of rotatable bonds is 6. The van der Waals surface area contributed by atoms with Crippen LogP contribution in [0.4, 0.5) is 4.39 Å². The van der Waals surface area contributed by atoms with Crippen molar-refractivity contribution in [3.05, 3.63) is 24.3 Å². The van der Waals surface area contributed by atoms with Crippen molar-refractivity contribution in [2.75, 3.05) is 6.61 Å². The van der Waals surface area contributed by atoms with Crippen molar-refractivity contribution < 1.29 is 17.9 Å². The van der Waals surface area contributed by atoms with Crippen LogP contribution in [0, 0.1) is 5.82 Å². The summed E-state index contributed by atoms with van der Waals surface area (Å²) in [6.07, 6.45) is 3.04. The third-order valence-corrected chi connectivity index (χ3v) is 3.70. The SMILES string of the molecule is CC(CCCO)NS(=O)(=O)c1cncc(F)c1. The van der Waals surface area contributed by atoms with E-state index in [4.69, 9.17) is 5.11 Å². The topological polar surface area (TPSA) is 79.3 Å². The van der Waals surface area contributed by atoms with E-state index in [1.165, 1.54) is 0 Å². The summed E-state index contributed by atoms with van der Waals surface area (Å²) < 4.78 is 38.8. The molecule has 1 atom stereocenters. The summed E-state index contributed by atoms with van der Waals surface area (Å²) in [4.78, 5) is 3.29. The molecule has 0 fully saturated rings. The molecule has 96 valence electrons. The molecule has 0 aromatic carbocycles. The van der Waals surface area contributed by atoms with Crippen LogP contribution < -0.4 is 4.72 Å². The van der Waals surface area contributed by atoms with Gasteiger partial charge >= 0.3 is 0 Å². The smallest absolute Gasteiger partial charge is 0.242 e. The summed E-state index contributed by atoms with van der Waals surface area (Å²) in [5.41, 5.74) is 0. The van der Waals surface area contributed by atoms with Gasteiger partial charge in [0, 0.05) is 18.8 Å². The van der Waals surface area contributed by atoms with Crippen LogP contribution in [0.5, 0.6) is 0 Å². The van der Waals surface area contributed by atoms with Crippen LogP contribution in [0.25, 0.3) is 0 Å². The predicted octanol–water partition coefficient (Wildman–Crippen LogP) is 0.660. The van der Waals surface area contributed by atoms with Gasteiger partial charge < -0.3 is 5.11 Å². The van der Waals surface area contributed by atoms with Crippen molar-refractivity contribution in [2.24, 2.45) is 0 Å². The van der Waals surface area contributed by atoms with Gasteiger partial charge in [-0.05, 0) is 25.8 Å². The van der Waals surface area contributed by atoms with E-state index in [1.54, 1.807) is 6.92 Å². The number of aliphatic hydroxyl groups excluding tert-OH is 1. The number of nitrogens with one attached hydrogen (secondary N) is 1. The Bertz CT molecular complexity index is 464. The highest BCUT2D eigenvalue weighted by Gasteiger charge is 2.17. The van der Waals surface area contributed by atoms with Crippen molar-refractivity contribution >= 4 is 10.0 Å². The van der Waals surface area contributed by atoms with E-state index in [0.29, 0.717) is 12.8 Å². The van der Waals surface area contributed by atoms with E-state index in [2.05, 4.69) is 9.71 Å². The molecule has 2 N–H and O–H groups in total. The summed E-state index contributed by atoms with van der Waals surface area (Å²) in [7, 11) is -3.75. The summed E-state index contributed by atoms with van der Waals surface area (Å²) >= 11 is 0. The molecule has 1 aromatic heterocycles. The van der Waals surface area contributed by atoms with Gasteiger partial charge in [-0.25, -0.2) is 17.5 Å². The van der Waals surface area contributed by atoms with Gasteiger partial charge in [0.1, 0.15) is 10.7 Å². The fourth-order valence-corrected chi connectivity index (χ4v) is 2.58. The van der Waals surface area contributed by atoms with Gasteiger partial charge in [-0.3, -0.25) is 4.98 Å². The number of halogens is 1. The Balaban J connectivity index is 2.75. The molecule has 0 amide bonds. The van der Waals surface area contributed by atoms with Crippen molar-refractivity contribution in [3.8, 4) is 0 Å². The molecule has 0 saturated heterocycles. The van der Waals surface area contributed by atoms with E-state index in [1.807, 2.05) is 0 Å². The number of sulfonamides is 1. The lowest BCUT2D eigenvalue weighted by atomic mass is 10.2. The summed E-state index contributed by atoms with van der Waals surface area (Å²) in [6.45, 7) is 1.69. The normalized spacial score (nSPS) is 13.6. The Morgan fingerprint density at radius 1 is 1.53 bits per heavy atom. The molecular formula is C10H15FN2O3S. The monoisotopic (exact) mass is 262 g/mol. The van der Waals surface area contributed by atoms with Gasteiger partial charge in [0.2, 0.25) is 10.0 Å². The van der Waals surface area contributed by atoms with Crippen LogP contribution in [0.1, 0.15) is 19.8 Å². The lowest BCUT2D eigenvalue weighted by Crippen LogP contribution is -2.32. The number of nitrogens with zero attached hydrogens (tertiary/aromatic N) is 1. The van der Waals surface area contributed by atoms with Crippen molar-refractivity contribution in [1.29, 1.82) is 0 Å². The van der Waals surface area contributed by atoms with Gasteiger partial charge in [0.05, 0.1) is 6.20 Å². The van der Waals surface area contributed by atoms with Crippen LogP contribution >= 0.6 is 0 Å². The highest BCUT2D eigenvalue weighted by Crippen LogP contribution is 2.10. The number of aromatic nitrogens is 1. The average Bonchev–Trinajstić information content (AvgIpc) is 2.26. The number of aliphatic hydroxyl groups is 1. The van der Waals surface area contributed by atoms with Gasteiger partial charge in [-0.15, -0.1) is 0 Å². The van der Waals surface area contributed by atoms with Crippen LogP contribution in [-0.4, -0.2) is 31.2 Å². The first-order valence-electron chi connectivity index (χ1n) is 5.19. The van der Waals surface area contributed by atoms with E-state index < -0.39 is 15.8 Å². The number of pyridine rings is 1. The average molecular weight is 262 g/mol. The predicted molar refractivity (Wildman–Crippen MR) is 60.3 cm³/mol. The minimum Gasteiger partial charge on any atom is -0.396 e. The molecular weight excluding hydrogens is 247 g/mol. The second kappa shape index (κ2) is 6.04. The summed E-state index contributed by atoms with van der Waals surface area (Å²) in [6, 6.07) is 0.587. The fourth-order valence-electron chi connectivity index (χ4n) is 1.33. The third kappa shape index (κ3) is 4.37. The maximum absolute atomic E-state index is 12.8. The molecule has 7 heteroatoms. The third-order valence-electron chi connectivity index (χ3n) is 2.14. The highest BCUT2D eigenvalue weighted by molar-refractivity contribution is 7.89. The molecule has 0 spiro atoms. The zero-order chi connectivity index (χ0) is 12.9. The largest absolute Gasteiger partial charge is 0.396 e. The number of hydrogen-bond donors (Lipinski definition) is 2. The first-order valence-corrected chi connectivity index (χ1v) is 6.68. The second-order valence-electron chi connectivity index (χ2n) is 3.73. The lowest BCUT2D eigenvalue weighted by molar-refractivity contribution is 0.279. The molecule has 0 radical (unpaired) electrons. The Hall–Kier alpha value is -1.05. The van der Waals surface area contributed by atoms with Crippen LogP contribution in [0.3, 0.4) is 0 Å². The van der Waals surface area contributed by atoms with Gasteiger partial charge in [0.25, 0.3) is 0 Å². The zero-order valence-electron chi connectivity index (χ0n) is 9.43. The molecule has 0 saturated carbocycles. The molecule has 0 aliphatic carbocycles. The maximum atomic E-state index is 12.8. The van der Waals surface area contributed by atoms with Gasteiger partial charge in [-0.1, -0.05) is 0 Å². The van der Waals surface area contributed by atoms with Crippen molar-refractivity contribution in [1.82, 2.24) is 9.71 Å². The van der Waals surface area contributed by atoms with Crippen LogP contribution in [0.2, 0.25) is 0 Å². The molecule has 0 aliphatic heterocycles. The van der Waals surface area contributed by atoms with E-state index in [-0.39, 0.29) is 17.5 Å². The lowest BCUT2D eigenvalue weighted by Gasteiger charge is -2.13. The van der Waals surface area contributed by atoms with E-state index in [0.717, 1.165) is 18.5 Å². The van der Waals surface area contributed by atoms with Crippen molar-refractivity contribution in [3.63, 3.8) is 0 Å². The molecule has 0 aliphatic rings. The first kappa shape index (κ1) is 14.0. The summed E-state index contributed by atoms with van der Waals surface area (Å²) in [5.74, 6) is -0.698. The molecule has 1 aromatic rings. The molecule has 5 nitrogen and oxygen atoms in total. The minimum absolute atomic E-state index is 0.00753. The fraction of sp³-hybridized carbons (Fsp3) is 0.500. The highest BCUT2D eigenvalue weighted by atomic mass is 32.2. The molecule has 17 heavy (non-hydrogen) atoms. The Kier molecular flexibility index (Phi) is 4.98. The number of hydrogen-bond acceptors (Lipinski definition) is 4. The van der Waals surface area contributed by atoms with E-state index in [9.17, 15) is 12.8 Å². The standard InChI is InChI=1S/C10H15FN2O3S/c1-8(3-2-4-14)13-17(15,16)10-5-9(11)6-12-7-10/h5-8,13-14H,2-4H2,1H3. The quantitative estimate of drug-likeness (QED) is 0.789. The molecule has 1 unspecified atom stereocenters. The van der Waals surface area contributed by atoms with Gasteiger partial charge in [0.15, 0.2) is 0 Å². The first-order chi connectivity index (χ1) is 7.95. The van der Waals surface area contributed by atoms with Crippen molar-refractivity contribution in [2.45, 2.75) is 30.7 Å². The van der Waals surface area contributed by atoms with E-state index >= 15 is 0 Å². The summed E-state index contributed by atoms with van der Waals surface area (Å²) in [5, 5.41) is 8.63. The zero-order valence-corrected chi connectivity index (χ0v) is 10.2.